The van der Waals surface area contributed by atoms with Crippen molar-refractivity contribution in [3.63, 3.8) is 0 Å². The van der Waals surface area contributed by atoms with Crippen molar-refractivity contribution < 1.29 is 32.8 Å². The minimum absolute atomic E-state index is 0.770. The van der Waals surface area contributed by atoms with Crippen LogP contribution in [0.2, 0.25) is 2.66 Å². The fourth-order valence-corrected chi connectivity index (χ4v) is 3.20. The van der Waals surface area contributed by atoms with Crippen molar-refractivity contribution in [1.29, 1.82) is 0 Å². The average molecular weight is 390 g/mol. The number of carboxylic acids is 2. The molecule has 0 heterocycles. The van der Waals surface area contributed by atoms with Gasteiger partial charge in [0.05, 0.1) is 6.42 Å². The number of rotatable bonds is 12. The molecule has 0 aliphatic carbocycles. The zero-order valence-electron chi connectivity index (χ0n) is 15.8. The maximum Gasteiger partial charge on any atom is 0.325 e. The maximum atomic E-state index is 10.2. The topological polar surface area (TPSA) is 129 Å². The van der Waals surface area contributed by atoms with Crippen LogP contribution >= 0.6 is 0 Å². The summed E-state index contributed by atoms with van der Waals surface area (Å²) in [6.45, 7) is 7.01. The van der Waals surface area contributed by atoms with Crippen LogP contribution in [0.5, 0.6) is 0 Å². The molecule has 0 fully saturated rings. The average Bonchev–Trinajstić information content (AvgIpc) is 2.51. The Hall–Kier alpha value is -0.150. The molecule has 144 valence electrons. The first-order valence-corrected chi connectivity index (χ1v) is 11.3. The molecule has 25 heavy (non-hydrogen) atoms. The summed E-state index contributed by atoms with van der Waals surface area (Å²) < 4.78 is 29.4. The normalized spacial score (nSPS) is 12.9. The van der Waals surface area contributed by atoms with Crippen LogP contribution in [-0.2, 0) is 19.7 Å². The third-order valence-electron chi connectivity index (χ3n) is 4.59. The second-order valence-corrected chi connectivity index (χ2v) is 10.3. The number of aliphatic carboxylic acids is 2. The van der Waals surface area contributed by atoms with Crippen LogP contribution in [0, 0.1) is 0 Å². The van der Waals surface area contributed by atoms with Crippen LogP contribution in [0.25, 0.3) is 0 Å². The summed E-state index contributed by atoms with van der Waals surface area (Å²) in [7, 11) is -4.84. The molecule has 0 aromatic carbocycles. The molecule has 3 N–H and O–H groups in total. The molecular weight excluding hydrogens is 359 g/mol. The van der Waals surface area contributed by atoms with E-state index >= 15 is 0 Å². The molecule has 0 aliphatic rings. The van der Waals surface area contributed by atoms with Gasteiger partial charge in [0.15, 0.2) is 5.25 Å². The predicted molar refractivity (Wildman–Crippen MR) is 97.6 cm³/mol. The summed E-state index contributed by atoms with van der Waals surface area (Å²) in [6, 6.07) is 0. The quantitative estimate of drug-likeness (QED) is 0.265. The van der Waals surface area contributed by atoms with E-state index in [0.29, 0.717) is 0 Å². The van der Waals surface area contributed by atoms with E-state index in [1.807, 2.05) is 0 Å². The van der Waals surface area contributed by atoms with E-state index in [2.05, 4.69) is 20.8 Å². The van der Waals surface area contributed by atoms with E-state index < -0.39 is 33.7 Å². The van der Waals surface area contributed by atoms with Crippen molar-refractivity contribution in [1.82, 2.24) is 0 Å². The second-order valence-electron chi connectivity index (χ2n) is 6.62. The summed E-state index contributed by atoms with van der Waals surface area (Å²) >= 11 is 1.39. The monoisotopic (exact) mass is 390 g/mol. The Bertz CT molecular complexity index is 487. The van der Waals surface area contributed by atoms with Crippen LogP contribution in [-0.4, -0.2) is 68.3 Å². The van der Waals surface area contributed by atoms with Gasteiger partial charge in [-0.1, -0.05) is 0 Å². The molecule has 1 unspecified atom stereocenters. The first-order chi connectivity index (χ1) is 11.4. The van der Waals surface area contributed by atoms with Gasteiger partial charge in [-0.05, 0) is 0 Å². The minimum atomic E-state index is -4.84. The van der Waals surface area contributed by atoms with Gasteiger partial charge in [0, 0.05) is 0 Å². The number of carboxylic acid groups (broad SMARTS) is 2. The van der Waals surface area contributed by atoms with Crippen LogP contribution in [0.4, 0.5) is 0 Å². The molecular formula is C16H31NaO7S. The molecule has 0 saturated carbocycles. The summed E-state index contributed by atoms with van der Waals surface area (Å²) in [5.74, 6) is -3.50. The molecule has 0 radical (unpaired) electrons. The van der Waals surface area contributed by atoms with Crippen LogP contribution in [0.3, 0.4) is 0 Å². The van der Waals surface area contributed by atoms with Crippen molar-refractivity contribution >= 4 is 50.0 Å². The van der Waals surface area contributed by atoms with Gasteiger partial charge in [-0.25, -0.2) is 0 Å². The SMILES string of the molecule is CCCCCCC[C]([Na])(CC)CC.O=C(O)CC(C(=O)O)S(=O)(=O)O. The smallest absolute Gasteiger partial charge is 0.325 e. The Morgan fingerprint density at radius 2 is 1.48 bits per heavy atom. The van der Waals surface area contributed by atoms with Gasteiger partial charge in [0.1, 0.15) is 0 Å². The van der Waals surface area contributed by atoms with Crippen LogP contribution in [0.15, 0.2) is 0 Å². The van der Waals surface area contributed by atoms with Crippen molar-refractivity contribution in [2.45, 2.75) is 86.5 Å². The molecule has 0 saturated heterocycles. The van der Waals surface area contributed by atoms with E-state index in [0.717, 1.165) is 2.66 Å². The van der Waals surface area contributed by atoms with Gasteiger partial charge in [-0.15, -0.1) is 0 Å². The van der Waals surface area contributed by atoms with Crippen molar-refractivity contribution in [3.8, 4) is 0 Å². The van der Waals surface area contributed by atoms with E-state index in [4.69, 9.17) is 14.8 Å². The van der Waals surface area contributed by atoms with E-state index in [9.17, 15) is 18.0 Å². The Balaban J connectivity index is 0. The molecule has 1 atom stereocenters. The van der Waals surface area contributed by atoms with Gasteiger partial charge in [-0.2, -0.15) is 8.42 Å². The third-order valence-corrected chi connectivity index (χ3v) is 7.59. The Kier molecular flexibility index (Phi) is 15.1. The number of unbranched alkanes of at least 4 members (excludes halogenated alkanes) is 4. The zero-order valence-corrected chi connectivity index (χ0v) is 18.6. The van der Waals surface area contributed by atoms with Gasteiger partial charge in [-0.3, -0.25) is 14.1 Å². The summed E-state index contributed by atoms with van der Waals surface area (Å²) in [5, 5.41) is 13.9. The first-order valence-electron chi connectivity index (χ1n) is 8.84. The number of hydrogen-bond donors (Lipinski definition) is 3. The number of carbonyl (C=O) groups is 2. The van der Waals surface area contributed by atoms with E-state index in [1.165, 1.54) is 79.3 Å². The molecule has 0 spiro atoms. The summed E-state index contributed by atoms with van der Waals surface area (Å²) in [6.07, 6.45) is 10.4. The molecule has 0 rings (SSSR count). The molecule has 0 amide bonds. The largest absolute Gasteiger partial charge is 0.481 e. The number of hydrogen-bond acceptors (Lipinski definition) is 4. The second kappa shape index (κ2) is 14.0. The van der Waals surface area contributed by atoms with Crippen LogP contribution < -0.4 is 0 Å². The fourth-order valence-electron chi connectivity index (χ4n) is 2.24. The maximum absolute atomic E-state index is 10.2. The predicted octanol–water partition coefficient (Wildman–Crippen LogP) is 3.30. The van der Waals surface area contributed by atoms with Crippen molar-refractivity contribution in [2.75, 3.05) is 0 Å². The van der Waals surface area contributed by atoms with Gasteiger partial charge < -0.3 is 10.2 Å². The van der Waals surface area contributed by atoms with Crippen molar-refractivity contribution in [2.24, 2.45) is 0 Å². The zero-order chi connectivity index (χ0) is 20.1. The van der Waals surface area contributed by atoms with Crippen molar-refractivity contribution in [3.05, 3.63) is 0 Å². The summed E-state index contributed by atoms with van der Waals surface area (Å²) in [5.41, 5.74) is 0. The van der Waals surface area contributed by atoms with E-state index in [-0.39, 0.29) is 0 Å². The first kappa shape index (κ1) is 27.1. The fraction of sp³-hybridized carbons (Fsp3) is 0.875. The minimum Gasteiger partial charge on any atom is -0.481 e. The van der Waals surface area contributed by atoms with Crippen LogP contribution in [0.1, 0.15) is 78.6 Å². The molecule has 0 bridgehead atoms. The Labute approximate surface area is 168 Å². The third kappa shape index (κ3) is 14.7. The van der Waals surface area contributed by atoms with Gasteiger partial charge >= 0.3 is 115 Å². The molecule has 0 aromatic heterocycles. The standard InChI is InChI=1S/C12H25.C4H6O7S.Na/c1-4-7-8-9-10-11-12(5-2)6-3;5-3(6)1-2(4(7)8)12(9,10)11;/h4-11H2,1-3H3;2H,1H2,(H,5,6)(H,7,8)(H,9,10,11);. The Morgan fingerprint density at radius 1 is 1.00 bits per heavy atom. The molecule has 9 heteroatoms. The summed E-state index contributed by atoms with van der Waals surface area (Å²) in [4.78, 5) is 20.0. The molecule has 0 aliphatic heterocycles. The van der Waals surface area contributed by atoms with Gasteiger partial charge in [0.2, 0.25) is 0 Å². The Morgan fingerprint density at radius 3 is 1.76 bits per heavy atom. The van der Waals surface area contributed by atoms with Gasteiger partial charge in [0.25, 0.3) is 10.1 Å². The molecule has 7 nitrogen and oxygen atoms in total. The van der Waals surface area contributed by atoms with E-state index in [1.54, 1.807) is 0 Å². The molecule has 0 aromatic rings.